The van der Waals surface area contributed by atoms with Gasteiger partial charge in [-0.3, -0.25) is 5.32 Å². The van der Waals surface area contributed by atoms with E-state index in [0.717, 1.165) is 19.5 Å². The standard InChI is InChI=1S/C10H21N3/c1-5-6-13(4)8-10(7-11)12-9(2)3/h9-10,12H,5-6,8H2,1-4H3. The van der Waals surface area contributed by atoms with Gasteiger partial charge < -0.3 is 4.90 Å². The third-order valence-electron chi connectivity index (χ3n) is 1.79. The molecule has 1 unspecified atom stereocenters. The van der Waals surface area contributed by atoms with Crippen LogP contribution in [0.5, 0.6) is 0 Å². The minimum absolute atomic E-state index is 0.0449. The molecular weight excluding hydrogens is 162 g/mol. The Balaban J connectivity index is 3.78. The minimum atomic E-state index is -0.0449. The fourth-order valence-electron chi connectivity index (χ4n) is 1.32. The first kappa shape index (κ1) is 12.4. The van der Waals surface area contributed by atoms with Crippen molar-refractivity contribution in [1.29, 1.82) is 5.26 Å². The largest absolute Gasteiger partial charge is 0.304 e. The van der Waals surface area contributed by atoms with Gasteiger partial charge in [-0.15, -0.1) is 0 Å². The summed E-state index contributed by atoms with van der Waals surface area (Å²) in [4.78, 5) is 2.18. The van der Waals surface area contributed by atoms with Crippen molar-refractivity contribution in [3.8, 4) is 6.07 Å². The molecule has 3 heteroatoms. The molecule has 0 radical (unpaired) electrons. The van der Waals surface area contributed by atoms with E-state index in [1.54, 1.807) is 0 Å². The quantitative estimate of drug-likeness (QED) is 0.673. The molecule has 13 heavy (non-hydrogen) atoms. The fraction of sp³-hybridized carbons (Fsp3) is 0.900. The molecule has 0 aliphatic heterocycles. The van der Waals surface area contributed by atoms with E-state index >= 15 is 0 Å². The van der Waals surface area contributed by atoms with Gasteiger partial charge in [-0.25, -0.2) is 0 Å². The molecule has 0 bridgehead atoms. The molecule has 0 aromatic heterocycles. The number of nitriles is 1. The highest BCUT2D eigenvalue weighted by Crippen LogP contribution is 1.92. The van der Waals surface area contributed by atoms with Gasteiger partial charge in [0, 0.05) is 12.6 Å². The number of nitrogens with zero attached hydrogens (tertiary/aromatic N) is 2. The lowest BCUT2D eigenvalue weighted by Crippen LogP contribution is -2.41. The molecule has 0 fully saturated rings. The predicted octanol–water partition coefficient (Wildman–Crippen LogP) is 1.22. The maximum Gasteiger partial charge on any atom is 0.108 e. The molecule has 0 aliphatic rings. The zero-order valence-electron chi connectivity index (χ0n) is 9.17. The molecule has 0 amide bonds. The average Bonchev–Trinajstić information content (AvgIpc) is 2.02. The SMILES string of the molecule is CCCN(C)CC(C#N)NC(C)C. The highest BCUT2D eigenvalue weighted by molar-refractivity contribution is 4.92. The smallest absolute Gasteiger partial charge is 0.108 e. The Morgan fingerprint density at radius 1 is 1.46 bits per heavy atom. The van der Waals surface area contributed by atoms with E-state index in [-0.39, 0.29) is 6.04 Å². The van der Waals surface area contributed by atoms with Gasteiger partial charge in [0.25, 0.3) is 0 Å². The molecular formula is C10H21N3. The Hall–Kier alpha value is -0.590. The summed E-state index contributed by atoms with van der Waals surface area (Å²) in [5, 5.41) is 12.1. The third kappa shape index (κ3) is 6.56. The van der Waals surface area contributed by atoms with Crippen LogP contribution in [0.15, 0.2) is 0 Å². The van der Waals surface area contributed by atoms with Gasteiger partial charge in [-0.05, 0) is 33.9 Å². The summed E-state index contributed by atoms with van der Waals surface area (Å²) in [5.74, 6) is 0. The van der Waals surface area contributed by atoms with Crippen LogP contribution in [0, 0.1) is 11.3 Å². The van der Waals surface area contributed by atoms with E-state index in [1.807, 2.05) is 0 Å². The molecule has 1 N–H and O–H groups in total. The van der Waals surface area contributed by atoms with E-state index in [4.69, 9.17) is 5.26 Å². The van der Waals surface area contributed by atoms with Crippen molar-refractivity contribution in [1.82, 2.24) is 10.2 Å². The Labute approximate surface area is 81.7 Å². The number of rotatable bonds is 6. The molecule has 0 rings (SSSR count). The van der Waals surface area contributed by atoms with Gasteiger partial charge in [-0.2, -0.15) is 5.26 Å². The van der Waals surface area contributed by atoms with Crippen LogP contribution in [-0.4, -0.2) is 37.1 Å². The van der Waals surface area contributed by atoms with Gasteiger partial charge in [0.15, 0.2) is 0 Å². The van der Waals surface area contributed by atoms with Crippen molar-refractivity contribution in [3.05, 3.63) is 0 Å². The van der Waals surface area contributed by atoms with Crippen LogP contribution in [0.3, 0.4) is 0 Å². The lowest BCUT2D eigenvalue weighted by Gasteiger charge is -2.21. The summed E-state index contributed by atoms with van der Waals surface area (Å²) in [7, 11) is 2.05. The monoisotopic (exact) mass is 183 g/mol. The van der Waals surface area contributed by atoms with Crippen LogP contribution in [-0.2, 0) is 0 Å². The minimum Gasteiger partial charge on any atom is -0.304 e. The molecule has 0 saturated carbocycles. The molecule has 76 valence electrons. The van der Waals surface area contributed by atoms with Crippen molar-refractivity contribution in [2.75, 3.05) is 20.1 Å². The van der Waals surface area contributed by atoms with Crippen LogP contribution in [0.2, 0.25) is 0 Å². The van der Waals surface area contributed by atoms with Crippen molar-refractivity contribution in [3.63, 3.8) is 0 Å². The Kier molecular flexibility index (Phi) is 6.56. The lowest BCUT2D eigenvalue weighted by atomic mass is 10.2. The Morgan fingerprint density at radius 3 is 2.46 bits per heavy atom. The van der Waals surface area contributed by atoms with Crippen molar-refractivity contribution in [2.24, 2.45) is 0 Å². The summed E-state index contributed by atoms with van der Waals surface area (Å²) in [6.45, 7) is 8.13. The first-order chi connectivity index (χ1) is 6.10. The van der Waals surface area contributed by atoms with Crippen molar-refractivity contribution < 1.29 is 0 Å². The van der Waals surface area contributed by atoms with Crippen molar-refractivity contribution >= 4 is 0 Å². The highest BCUT2D eigenvalue weighted by Gasteiger charge is 2.10. The van der Waals surface area contributed by atoms with E-state index in [1.165, 1.54) is 0 Å². The summed E-state index contributed by atoms with van der Waals surface area (Å²) >= 11 is 0. The molecule has 0 aromatic carbocycles. The Morgan fingerprint density at radius 2 is 2.08 bits per heavy atom. The van der Waals surface area contributed by atoms with E-state index < -0.39 is 0 Å². The normalized spacial score (nSPS) is 13.3. The number of likely N-dealkylation sites (N-methyl/N-ethyl adjacent to an activating group) is 1. The zero-order chi connectivity index (χ0) is 10.3. The van der Waals surface area contributed by atoms with E-state index in [0.29, 0.717) is 6.04 Å². The molecule has 0 aromatic rings. The zero-order valence-corrected chi connectivity index (χ0v) is 9.17. The van der Waals surface area contributed by atoms with Gasteiger partial charge in [0.05, 0.1) is 6.07 Å². The molecule has 3 nitrogen and oxygen atoms in total. The maximum atomic E-state index is 8.85. The van der Waals surface area contributed by atoms with Gasteiger partial charge >= 0.3 is 0 Å². The number of nitrogens with one attached hydrogen (secondary N) is 1. The molecule has 0 spiro atoms. The molecule has 0 heterocycles. The lowest BCUT2D eigenvalue weighted by molar-refractivity contribution is 0.304. The maximum absolute atomic E-state index is 8.85. The second-order valence-electron chi connectivity index (χ2n) is 3.77. The average molecular weight is 183 g/mol. The summed E-state index contributed by atoms with van der Waals surface area (Å²) in [6.07, 6.45) is 1.14. The summed E-state index contributed by atoms with van der Waals surface area (Å²) < 4.78 is 0. The van der Waals surface area contributed by atoms with Crippen LogP contribution < -0.4 is 5.32 Å². The predicted molar refractivity (Wildman–Crippen MR) is 55.5 cm³/mol. The van der Waals surface area contributed by atoms with E-state index in [2.05, 4.69) is 44.1 Å². The molecule has 1 atom stereocenters. The van der Waals surface area contributed by atoms with Gasteiger partial charge in [-0.1, -0.05) is 6.92 Å². The first-order valence-corrected chi connectivity index (χ1v) is 4.94. The van der Waals surface area contributed by atoms with E-state index in [9.17, 15) is 0 Å². The fourth-order valence-corrected chi connectivity index (χ4v) is 1.32. The van der Waals surface area contributed by atoms with Gasteiger partial charge in [0.2, 0.25) is 0 Å². The summed E-state index contributed by atoms with van der Waals surface area (Å²) in [6, 6.07) is 2.60. The molecule has 0 saturated heterocycles. The second-order valence-corrected chi connectivity index (χ2v) is 3.77. The second kappa shape index (κ2) is 6.88. The van der Waals surface area contributed by atoms with Gasteiger partial charge in [0.1, 0.15) is 6.04 Å². The number of hydrogen-bond donors (Lipinski definition) is 1. The Bertz CT molecular complexity index is 160. The highest BCUT2D eigenvalue weighted by atomic mass is 15.1. The van der Waals surface area contributed by atoms with Crippen LogP contribution in [0.1, 0.15) is 27.2 Å². The van der Waals surface area contributed by atoms with Crippen LogP contribution in [0.4, 0.5) is 0 Å². The summed E-state index contributed by atoms with van der Waals surface area (Å²) in [5.41, 5.74) is 0. The topological polar surface area (TPSA) is 39.1 Å². The first-order valence-electron chi connectivity index (χ1n) is 4.94. The van der Waals surface area contributed by atoms with Crippen LogP contribution in [0.25, 0.3) is 0 Å². The van der Waals surface area contributed by atoms with Crippen LogP contribution >= 0.6 is 0 Å². The third-order valence-corrected chi connectivity index (χ3v) is 1.79. The molecule has 0 aliphatic carbocycles. The number of hydrogen-bond acceptors (Lipinski definition) is 3. The van der Waals surface area contributed by atoms with Crippen molar-refractivity contribution in [2.45, 2.75) is 39.3 Å².